The third-order valence-corrected chi connectivity index (χ3v) is 5.90. The summed E-state index contributed by atoms with van der Waals surface area (Å²) in [5.41, 5.74) is 4.61. The monoisotopic (exact) mass is 431 g/mol. The molecule has 2 aliphatic rings. The minimum absolute atomic E-state index is 0.194. The standard InChI is InChI=1S/C17H20F3N5OS2/c1-4-10(2)5-6-11(3)23-13(17(18,19)20)12(9-21)14(26)24-16-25-8-7-22-15(25)27-28-16/h4-6,23H,1,7-9,21H2,2-3H3/b10-5-,11-6+,13-12+,24-16?. The van der Waals surface area contributed by atoms with Crippen LogP contribution in [-0.4, -0.2) is 47.0 Å². The lowest BCUT2D eigenvalue weighted by Gasteiger charge is -2.18. The zero-order chi connectivity index (χ0) is 20.9. The van der Waals surface area contributed by atoms with E-state index < -0.39 is 29.9 Å². The van der Waals surface area contributed by atoms with Crippen molar-refractivity contribution < 1.29 is 18.0 Å². The highest BCUT2D eigenvalue weighted by Gasteiger charge is 2.39. The van der Waals surface area contributed by atoms with Crippen LogP contribution in [0.5, 0.6) is 0 Å². The van der Waals surface area contributed by atoms with Gasteiger partial charge in [0, 0.05) is 18.8 Å². The molecule has 6 nitrogen and oxygen atoms in total. The van der Waals surface area contributed by atoms with Crippen molar-refractivity contribution in [2.24, 2.45) is 15.7 Å². The number of nitrogens with zero attached hydrogens (tertiary/aromatic N) is 3. The molecule has 0 aromatic heterocycles. The summed E-state index contributed by atoms with van der Waals surface area (Å²) in [6.45, 7) is 7.30. The summed E-state index contributed by atoms with van der Waals surface area (Å²) in [5.74, 6) is -1.02. The smallest absolute Gasteiger partial charge is 0.355 e. The van der Waals surface area contributed by atoms with Crippen molar-refractivity contribution >= 4 is 37.8 Å². The summed E-state index contributed by atoms with van der Waals surface area (Å²) in [6.07, 6.45) is -0.158. The molecule has 11 heteroatoms. The molecular formula is C17H20F3N5OS2. The Hall–Kier alpha value is -1.98. The molecule has 1 fully saturated rings. The van der Waals surface area contributed by atoms with Crippen LogP contribution in [0.15, 0.2) is 57.3 Å². The van der Waals surface area contributed by atoms with E-state index in [0.717, 1.165) is 5.57 Å². The lowest BCUT2D eigenvalue weighted by atomic mass is 10.1. The van der Waals surface area contributed by atoms with Gasteiger partial charge in [-0.2, -0.15) is 18.2 Å². The second-order valence-electron chi connectivity index (χ2n) is 5.83. The molecular weight excluding hydrogens is 411 g/mol. The molecule has 1 amide bonds. The molecule has 2 heterocycles. The Morgan fingerprint density at radius 1 is 1.39 bits per heavy atom. The first-order chi connectivity index (χ1) is 13.2. The Morgan fingerprint density at radius 2 is 2.11 bits per heavy atom. The van der Waals surface area contributed by atoms with E-state index in [-0.39, 0.29) is 5.70 Å². The average molecular weight is 432 g/mol. The van der Waals surface area contributed by atoms with Crippen molar-refractivity contribution in [3.63, 3.8) is 0 Å². The van der Waals surface area contributed by atoms with Crippen molar-refractivity contribution in [1.29, 1.82) is 0 Å². The zero-order valence-electron chi connectivity index (χ0n) is 15.3. The normalized spacial score (nSPS) is 20.1. The van der Waals surface area contributed by atoms with Crippen LogP contribution in [0.25, 0.3) is 0 Å². The number of halogens is 3. The summed E-state index contributed by atoms with van der Waals surface area (Å²) in [5, 5.41) is 3.27. The predicted octanol–water partition coefficient (Wildman–Crippen LogP) is 3.34. The lowest BCUT2D eigenvalue weighted by molar-refractivity contribution is -0.117. The first kappa shape index (κ1) is 22.3. The van der Waals surface area contributed by atoms with Gasteiger partial charge in [0.1, 0.15) is 5.70 Å². The molecule has 0 unspecified atom stereocenters. The van der Waals surface area contributed by atoms with Gasteiger partial charge in [-0.3, -0.25) is 14.7 Å². The zero-order valence-corrected chi connectivity index (χ0v) is 17.0. The average Bonchev–Trinajstić information content (AvgIpc) is 3.23. The third-order valence-electron chi connectivity index (χ3n) is 3.71. The maximum Gasteiger partial charge on any atom is 0.431 e. The van der Waals surface area contributed by atoms with Gasteiger partial charge in [-0.25, -0.2) is 0 Å². The SMILES string of the molecule is C=C/C(C)=C\C=C(/C)N/C(=C(\CN)C(=O)N=C1SSC2=NCCN21)C(F)(F)F. The second kappa shape index (κ2) is 9.48. The third kappa shape index (κ3) is 5.52. The number of allylic oxidation sites excluding steroid dienone is 6. The number of carbonyl (C=O) groups excluding carboxylic acids is 1. The Balaban J connectivity index is 2.35. The van der Waals surface area contributed by atoms with Crippen LogP contribution in [0.1, 0.15) is 13.8 Å². The van der Waals surface area contributed by atoms with Crippen LogP contribution in [0.3, 0.4) is 0 Å². The fourth-order valence-corrected chi connectivity index (χ4v) is 4.47. The first-order valence-electron chi connectivity index (χ1n) is 8.22. The maximum atomic E-state index is 13.6. The van der Waals surface area contributed by atoms with Gasteiger partial charge < -0.3 is 11.1 Å². The highest BCUT2D eigenvalue weighted by Crippen LogP contribution is 2.38. The van der Waals surface area contributed by atoms with Crippen LogP contribution < -0.4 is 11.1 Å². The molecule has 0 aromatic rings. The van der Waals surface area contributed by atoms with Crippen LogP contribution >= 0.6 is 21.6 Å². The van der Waals surface area contributed by atoms with E-state index in [4.69, 9.17) is 5.73 Å². The highest BCUT2D eigenvalue weighted by molar-refractivity contribution is 8.88. The largest absolute Gasteiger partial charge is 0.431 e. The van der Waals surface area contributed by atoms with Crippen LogP contribution in [0.4, 0.5) is 13.2 Å². The van der Waals surface area contributed by atoms with Gasteiger partial charge in [0.05, 0.1) is 12.1 Å². The number of nitrogens with one attached hydrogen (secondary N) is 1. The summed E-state index contributed by atoms with van der Waals surface area (Å²) >= 11 is 0. The van der Waals surface area contributed by atoms with Crippen LogP contribution in [-0.2, 0) is 4.79 Å². The van der Waals surface area contributed by atoms with Crippen molar-refractivity contribution in [3.8, 4) is 0 Å². The fourth-order valence-electron chi connectivity index (χ4n) is 2.21. The van der Waals surface area contributed by atoms with Crippen molar-refractivity contribution in [3.05, 3.63) is 47.3 Å². The topological polar surface area (TPSA) is 83.1 Å². The number of aliphatic imine (C=N–C) groups is 2. The number of rotatable bonds is 6. The minimum Gasteiger partial charge on any atom is -0.355 e. The van der Waals surface area contributed by atoms with Gasteiger partial charge in [0.15, 0.2) is 10.3 Å². The molecule has 0 bridgehead atoms. The minimum atomic E-state index is -4.80. The van der Waals surface area contributed by atoms with Gasteiger partial charge in [0.2, 0.25) is 0 Å². The van der Waals surface area contributed by atoms with Gasteiger partial charge >= 0.3 is 6.18 Å². The molecule has 0 aromatic carbocycles. The van der Waals surface area contributed by atoms with Crippen LogP contribution in [0, 0.1) is 0 Å². The molecule has 1 saturated heterocycles. The Morgan fingerprint density at radius 3 is 2.71 bits per heavy atom. The van der Waals surface area contributed by atoms with Gasteiger partial charge in [-0.15, -0.1) is 0 Å². The number of hydrogen-bond acceptors (Lipinski definition) is 6. The molecule has 0 aliphatic carbocycles. The molecule has 2 rings (SSSR count). The molecule has 0 spiro atoms. The highest BCUT2D eigenvalue weighted by atomic mass is 33.1. The van der Waals surface area contributed by atoms with Gasteiger partial charge in [-0.1, -0.05) is 24.3 Å². The molecule has 2 aliphatic heterocycles. The second-order valence-corrected chi connectivity index (χ2v) is 7.89. The predicted molar refractivity (Wildman–Crippen MR) is 110 cm³/mol. The molecule has 0 radical (unpaired) electrons. The molecule has 28 heavy (non-hydrogen) atoms. The maximum absolute atomic E-state index is 13.6. The fraction of sp³-hybridized carbons (Fsp3) is 0.353. The Bertz CT molecular complexity index is 812. The lowest BCUT2D eigenvalue weighted by Crippen LogP contribution is -2.32. The quantitative estimate of drug-likeness (QED) is 0.381. The summed E-state index contributed by atoms with van der Waals surface area (Å²) < 4.78 is 40.8. The Kier molecular flexibility index (Phi) is 7.55. The van der Waals surface area contributed by atoms with E-state index in [1.54, 1.807) is 24.0 Å². The number of nitrogens with two attached hydrogens (primary N) is 1. The van der Waals surface area contributed by atoms with E-state index in [2.05, 4.69) is 21.9 Å². The van der Waals surface area contributed by atoms with Crippen molar-refractivity contribution in [1.82, 2.24) is 10.2 Å². The number of amides is 1. The number of hydrogen-bond donors (Lipinski definition) is 2. The van der Waals surface area contributed by atoms with Crippen LogP contribution in [0.2, 0.25) is 0 Å². The van der Waals surface area contributed by atoms with E-state index in [1.165, 1.54) is 34.6 Å². The summed E-state index contributed by atoms with van der Waals surface area (Å²) in [7, 11) is 2.50. The first-order valence-corrected chi connectivity index (χ1v) is 10.4. The molecule has 152 valence electrons. The number of carbonyl (C=O) groups is 1. The van der Waals surface area contributed by atoms with Gasteiger partial charge in [0.25, 0.3) is 5.91 Å². The van der Waals surface area contributed by atoms with E-state index in [9.17, 15) is 18.0 Å². The molecule has 0 atom stereocenters. The van der Waals surface area contributed by atoms with Crippen molar-refractivity contribution in [2.45, 2.75) is 20.0 Å². The molecule has 3 N–H and O–H groups in total. The van der Waals surface area contributed by atoms with E-state index in [0.29, 0.717) is 23.4 Å². The van der Waals surface area contributed by atoms with E-state index in [1.807, 2.05) is 0 Å². The molecule has 0 saturated carbocycles. The Labute approximate surface area is 169 Å². The van der Waals surface area contributed by atoms with Gasteiger partial charge in [-0.05, 0) is 41.5 Å². The summed E-state index contributed by atoms with van der Waals surface area (Å²) in [4.78, 5) is 22.3. The summed E-state index contributed by atoms with van der Waals surface area (Å²) in [6, 6.07) is 0. The number of alkyl halides is 3. The van der Waals surface area contributed by atoms with E-state index >= 15 is 0 Å². The number of amidine groups is 2. The van der Waals surface area contributed by atoms with Crippen molar-refractivity contribution in [2.75, 3.05) is 19.6 Å². The number of fused-ring (bicyclic) bond motifs is 1.